The zero-order chi connectivity index (χ0) is 23.8. The topological polar surface area (TPSA) is 198 Å². The number of carbonyl (C=O) groups is 1. The largest absolute Gasteiger partial charge is 0.394 e. The molecule has 1 saturated heterocycles. The highest BCUT2D eigenvalue weighted by Gasteiger charge is 2.70. The van der Waals surface area contributed by atoms with E-state index in [0.29, 0.717) is 17.3 Å². The van der Waals surface area contributed by atoms with E-state index in [1.165, 1.54) is 0 Å². The van der Waals surface area contributed by atoms with Crippen molar-refractivity contribution in [1.29, 1.82) is 0 Å². The Morgan fingerprint density at radius 3 is 2.50 bits per heavy atom. The molecule has 13 nitrogen and oxygen atoms in total. The third kappa shape index (κ3) is 3.63. The summed E-state index contributed by atoms with van der Waals surface area (Å²) in [5.41, 5.74) is -5.02. The summed E-state index contributed by atoms with van der Waals surface area (Å²) in [6, 6.07) is 6.52. The van der Waals surface area contributed by atoms with E-state index in [2.05, 4.69) is 0 Å². The summed E-state index contributed by atoms with van der Waals surface area (Å²) >= 11 is 0. The minimum absolute atomic E-state index is 0.0738. The maximum absolute atomic E-state index is 12.6. The summed E-state index contributed by atoms with van der Waals surface area (Å²) in [5.74, 6) is -4.95. The van der Waals surface area contributed by atoms with Gasteiger partial charge in [-0.3, -0.25) is 14.6 Å². The van der Waals surface area contributed by atoms with Crippen molar-refractivity contribution in [3.05, 3.63) is 68.0 Å². The van der Waals surface area contributed by atoms with Crippen LogP contribution < -0.4 is 16.8 Å². The number of carbonyl (C=O) groups excluding carboxylic acids is 1. The third-order valence-corrected chi connectivity index (χ3v) is 5.19. The second-order valence-electron chi connectivity index (χ2n) is 7.26. The van der Waals surface area contributed by atoms with Gasteiger partial charge in [-0.15, -0.1) is 5.06 Å². The van der Waals surface area contributed by atoms with E-state index >= 15 is 0 Å². The van der Waals surface area contributed by atoms with E-state index in [4.69, 9.17) is 4.74 Å². The van der Waals surface area contributed by atoms with E-state index in [1.54, 1.807) is 36.2 Å². The highest BCUT2D eigenvalue weighted by Crippen LogP contribution is 2.43. The number of aliphatic hydroxyl groups is 4. The van der Waals surface area contributed by atoms with Crippen molar-refractivity contribution in [2.45, 2.75) is 37.3 Å². The number of H-pyrrole nitrogens is 1. The molecule has 2 aromatic rings. The quantitative estimate of drug-likeness (QED) is 0.137. The van der Waals surface area contributed by atoms with Crippen molar-refractivity contribution < 1.29 is 39.6 Å². The van der Waals surface area contributed by atoms with Crippen molar-refractivity contribution in [1.82, 2.24) is 20.2 Å². The Hall–Kier alpha value is -2.98. The summed E-state index contributed by atoms with van der Waals surface area (Å²) < 4.78 is 17.8. The van der Waals surface area contributed by atoms with Crippen molar-refractivity contribution in [2.75, 3.05) is 6.61 Å². The second kappa shape index (κ2) is 8.51. The summed E-state index contributed by atoms with van der Waals surface area (Å²) in [7, 11) is 0. The number of hydrogen-bond donors (Lipinski definition) is 7. The van der Waals surface area contributed by atoms with Crippen LogP contribution in [0.2, 0.25) is 0 Å². The predicted molar refractivity (Wildman–Crippen MR) is 102 cm³/mol. The lowest BCUT2D eigenvalue weighted by molar-refractivity contribution is -0.413. The molecule has 1 amide bonds. The Morgan fingerprint density at radius 1 is 1.31 bits per heavy atom. The van der Waals surface area contributed by atoms with Gasteiger partial charge in [-0.1, -0.05) is 34.3 Å². The van der Waals surface area contributed by atoms with Crippen LogP contribution in [0.1, 0.15) is 21.5 Å². The first-order valence-corrected chi connectivity index (χ1v) is 9.20. The lowest BCUT2D eigenvalue weighted by Gasteiger charge is -2.42. The van der Waals surface area contributed by atoms with Crippen LogP contribution in [-0.4, -0.2) is 70.7 Å². The first-order valence-electron chi connectivity index (χ1n) is 9.20. The molecule has 1 aromatic carbocycles. The standard InChI is InChI=1S/C18H21FN4O9/c1-9-2-4-10(5-3-9)6-23(31)17(29)13(25)12(8-24)32-18(17,30)22-7-11(15(27)21-19)14(26)20-16(22)28/h2-5,7,12-13,24-25,29-31H,6,8H2,1H3,(H,21,27)(H,20,26,28)/t12-,13-,17-,18-/m1/s1. The fourth-order valence-corrected chi connectivity index (χ4v) is 3.40. The van der Waals surface area contributed by atoms with Crippen LogP contribution in [0.25, 0.3) is 0 Å². The van der Waals surface area contributed by atoms with E-state index in [9.17, 15) is 44.5 Å². The van der Waals surface area contributed by atoms with Gasteiger partial charge in [0.2, 0.25) is 5.72 Å². The average Bonchev–Trinajstić information content (AvgIpc) is 2.97. The zero-order valence-corrected chi connectivity index (χ0v) is 16.6. The van der Waals surface area contributed by atoms with Gasteiger partial charge in [-0.25, -0.2) is 9.36 Å². The molecule has 2 heterocycles. The number of benzene rings is 1. The zero-order valence-electron chi connectivity index (χ0n) is 16.6. The van der Waals surface area contributed by atoms with Gasteiger partial charge < -0.3 is 30.4 Å². The Balaban J connectivity index is 2.15. The molecule has 3 rings (SSSR count). The normalized spacial score (nSPS) is 27.6. The number of aliphatic hydroxyl groups excluding tert-OH is 2. The molecule has 7 N–H and O–H groups in total. The molecule has 1 aliphatic heterocycles. The van der Waals surface area contributed by atoms with Crippen LogP contribution in [-0.2, 0) is 17.2 Å². The fourth-order valence-electron chi connectivity index (χ4n) is 3.40. The lowest BCUT2D eigenvalue weighted by atomic mass is 10.00. The molecule has 0 bridgehead atoms. The van der Waals surface area contributed by atoms with Crippen LogP contribution in [0.15, 0.2) is 40.1 Å². The number of amides is 1. The van der Waals surface area contributed by atoms with Gasteiger partial charge in [0.05, 0.1) is 13.2 Å². The van der Waals surface area contributed by atoms with Gasteiger partial charge in [0.1, 0.15) is 17.8 Å². The predicted octanol–water partition coefficient (Wildman–Crippen LogP) is -2.61. The Kier molecular flexibility index (Phi) is 6.30. The maximum Gasteiger partial charge on any atom is 0.332 e. The number of hydroxylamine groups is 2. The molecule has 1 aromatic heterocycles. The summed E-state index contributed by atoms with van der Waals surface area (Å²) in [6.07, 6.45) is -3.56. The fraction of sp³-hybridized carbons (Fsp3) is 0.389. The number of halogens is 1. The lowest BCUT2D eigenvalue weighted by Crippen LogP contribution is -2.68. The van der Waals surface area contributed by atoms with Crippen LogP contribution in [0.4, 0.5) is 4.48 Å². The van der Waals surface area contributed by atoms with Crippen molar-refractivity contribution in [2.24, 2.45) is 0 Å². The van der Waals surface area contributed by atoms with Gasteiger partial charge in [0.15, 0.2) is 0 Å². The summed E-state index contributed by atoms with van der Waals surface area (Å²) in [5, 5.41) is 53.1. The molecule has 0 unspecified atom stereocenters. The molecular formula is C18H21FN4O9. The second-order valence-corrected chi connectivity index (χ2v) is 7.26. The highest BCUT2D eigenvalue weighted by atomic mass is 19.2. The van der Waals surface area contributed by atoms with Crippen LogP contribution in [0, 0.1) is 6.92 Å². The van der Waals surface area contributed by atoms with Gasteiger partial charge >= 0.3 is 11.6 Å². The number of hydrogen-bond acceptors (Lipinski definition) is 10. The molecule has 174 valence electrons. The molecule has 0 aliphatic carbocycles. The van der Waals surface area contributed by atoms with E-state index in [1.807, 2.05) is 0 Å². The Bertz CT molecular complexity index is 1120. The third-order valence-electron chi connectivity index (χ3n) is 5.19. The number of ether oxygens (including phenoxy) is 1. The van der Waals surface area contributed by atoms with Gasteiger partial charge in [-0.05, 0) is 12.5 Å². The SMILES string of the molecule is Cc1ccc(CN(O)[C@@]2(O)[C@H](O)[C@@H](CO)O[C@@]2(O)n2cc(C(=O)NF)c(=O)[nH]c2=O)cc1. The molecule has 0 radical (unpaired) electrons. The van der Waals surface area contributed by atoms with E-state index in [-0.39, 0.29) is 9.63 Å². The number of aryl methyl sites for hydroxylation is 1. The van der Waals surface area contributed by atoms with Gasteiger partial charge in [-0.2, -0.15) is 5.54 Å². The molecule has 32 heavy (non-hydrogen) atoms. The van der Waals surface area contributed by atoms with E-state index < -0.39 is 59.7 Å². The number of aromatic nitrogens is 2. The molecule has 1 fully saturated rings. The molecule has 4 atom stereocenters. The molecule has 0 saturated carbocycles. The van der Waals surface area contributed by atoms with Crippen LogP contribution in [0.3, 0.4) is 0 Å². The van der Waals surface area contributed by atoms with Crippen molar-refractivity contribution in [3.8, 4) is 0 Å². The number of nitrogens with one attached hydrogen (secondary N) is 2. The van der Waals surface area contributed by atoms with Crippen LogP contribution >= 0.6 is 0 Å². The number of rotatable bonds is 6. The maximum atomic E-state index is 12.6. The number of nitrogens with zero attached hydrogens (tertiary/aromatic N) is 2. The molecular weight excluding hydrogens is 435 g/mol. The smallest absolute Gasteiger partial charge is 0.332 e. The minimum Gasteiger partial charge on any atom is -0.394 e. The van der Waals surface area contributed by atoms with Gasteiger partial charge in [0, 0.05) is 6.20 Å². The highest BCUT2D eigenvalue weighted by molar-refractivity contribution is 5.92. The van der Waals surface area contributed by atoms with Gasteiger partial charge in [0.25, 0.3) is 11.5 Å². The van der Waals surface area contributed by atoms with Crippen LogP contribution in [0.5, 0.6) is 0 Å². The summed E-state index contributed by atoms with van der Waals surface area (Å²) in [6.45, 7) is 0.328. The summed E-state index contributed by atoms with van der Waals surface area (Å²) in [4.78, 5) is 37.5. The molecule has 1 aliphatic rings. The number of aromatic amines is 1. The first-order chi connectivity index (χ1) is 15.0. The monoisotopic (exact) mass is 456 g/mol. The Labute approximate surface area is 178 Å². The van der Waals surface area contributed by atoms with Crippen molar-refractivity contribution >= 4 is 5.91 Å². The average molecular weight is 456 g/mol. The van der Waals surface area contributed by atoms with E-state index in [0.717, 1.165) is 5.56 Å². The van der Waals surface area contributed by atoms with Crippen molar-refractivity contribution in [3.63, 3.8) is 0 Å². The first kappa shape index (κ1) is 23.7. The molecule has 0 spiro atoms. The minimum atomic E-state index is -3.36. The molecule has 14 heteroatoms. The Morgan fingerprint density at radius 2 is 1.94 bits per heavy atom.